The molecule has 0 aliphatic carbocycles. The zero-order valence-corrected chi connectivity index (χ0v) is 24.4. The Labute approximate surface area is 221 Å². The summed E-state index contributed by atoms with van der Waals surface area (Å²) in [4.78, 5) is 65.8. The predicted molar refractivity (Wildman–Crippen MR) is 144 cm³/mol. The van der Waals surface area contributed by atoms with Crippen LogP contribution in [0.2, 0.25) is 0 Å². The van der Waals surface area contributed by atoms with Crippen molar-refractivity contribution in [2.75, 3.05) is 19.3 Å². The molecule has 1 fully saturated rings. The van der Waals surface area contributed by atoms with Gasteiger partial charge in [-0.25, -0.2) is 0 Å². The number of unbranched alkanes of at least 4 members (excludes halogenated alkanes) is 3. The number of nitrogens with one attached hydrogen (secondary N) is 1. The number of ketones is 1. The van der Waals surface area contributed by atoms with Gasteiger partial charge in [-0.15, -0.1) is 11.8 Å². The fourth-order valence-corrected chi connectivity index (χ4v) is 5.13. The molecular weight excluding hydrogens is 478 g/mol. The Morgan fingerprint density at radius 3 is 2.22 bits per heavy atom. The SMILES string of the molecule is CCCCNC(=O)[C@H](CC(=O)C(C)(C)C)N(C)C(=O)CCCCCSC1CC(=O)N(C(C)(C)C)C1=O. The molecule has 0 aromatic rings. The number of nitrogens with zero attached hydrogens (tertiary/aromatic N) is 2. The van der Waals surface area contributed by atoms with Gasteiger partial charge in [0.05, 0.1) is 5.25 Å². The Hall–Kier alpha value is -1.90. The van der Waals surface area contributed by atoms with Crippen LogP contribution in [0.15, 0.2) is 0 Å². The van der Waals surface area contributed by atoms with Gasteiger partial charge in [0, 0.05) is 43.8 Å². The normalized spacial score (nSPS) is 17.3. The minimum absolute atomic E-state index is 0.0000586. The van der Waals surface area contributed by atoms with E-state index in [-0.39, 0.29) is 47.5 Å². The number of amides is 4. The van der Waals surface area contributed by atoms with Crippen molar-refractivity contribution in [3.8, 4) is 0 Å². The number of likely N-dealkylation sites (N-methyl/N-ethyl adjacent to an activating group) is 1. The van der Waals surface area contributed by atoms with Crippen LogP contribution in [0.25, 0.3) is 0 Å². The summed E-state index contributed by atoms with van der Waals surface area (Å²) >= 11 is 1.51. The van der Waals surface area contributed by atoms with Crippen molar-refractivity contribution in [3.05, 3.63) is 0 Å². The van der Waals surface area contributed by atoms with Gasteiger partial charge < -0.3 is 10.2 Å². The molecule has 0 spiro atoms. The smallest absolute Gasteiger partial charge is 0.243 e. The summed E-state index contributed by atoms with van der Waals surface area (Å²) in [6, 6.07) is -0.812. The summed E-state index contributed by atoms with van der Waals surface area (Å²) in [6.07, 6.45) is 4.63. The van der Waals surface area contributed by atoms with Crippen LogP contribution in [0.1, 0.15) is 99.8 Å². The van der Waals surface area contributed by atoms with Crippen molar-refractivity contribution < 1.29 is 24.0 Å². The molecule has 2 atom stereocenters. The molecule has 0 radical (unpaired) electrons. The highest BCUT2D eigenvalue weighted by Gasteiger charge is 2.44. The van der Waals surface area contributed by atoms with Gasteiger partial charge in [0.1, 0.15) is 11.8 Å². The number of carbonyl (C=O) groups is 5. The van der Waals surface area contributed by atoms with E-state index in [2.05, 4.69) is 5.32 Å². The van der Waals surface area contributed by atoms with E-state index in [9.17, 15) is 24.0 Å². The summed E-state index contributed by atoms with van der Waals surface area (Å²) in [6.45, 7) is 13.6. The van der Waals surface area contributed by atoms with E-state index < -0.39 is 17.0 Å². The maximum Gasteiger partial charge on any atom is 0.243 e. The fraction of sp³-hybridized carbons (Fsp3) is 0.815. The maximum absolute atomic E-state index is 12.8. The van der Waals surface area contributed by atoms with Gasteiger partial charge >= 0.3 is 0 Å². The second-order valence-electron chi connectivity index (χ2n) is 11.7. The minimum Gasteiger partial charge on any atom is -0.354 e. The predicted octanol–water partition coefficient (Wildman–Crippen LogP) is 3.95. The lowest BCUT2D eigenvalue weighted by molar-refractivity contribution is -0.143. The first-order chi connectivity index (χ1) is 16.6. The number of carbonyl (C=O) groups excluding carboxylic acids is 5. The number of hydrogen-bond acceptors (Lipinski definition) is 6. The summed E-state index contributed by atoms with van der Waals surface area (Å²) in [5.74, 6) is 0.0265. The maximum atomic E-state index is 12.8. The molecule has 0 aromatic heterocycles. The highest BCUT2D eigenvalue weighted by atomic mass is 32.2. The molecule has 9 heteroatoms. The molecule has 1 N–H and O–H groups in total. The Morgan fingerprint density at radius 2 is 1.69 bits per heavy atom. The monoisotopic (exact) mass is 525 g/mol. The lowest BCUT2D eigenvalue weighted by Crippen LogP contribution is -2.49. The molecule has 1 saturated heterocycles. The Bertz CT molecular complexity index is 800. The number of imide groups is 1. The highest BCUT2D eigenvalue weighted by molar-refractivity contribution is 8.00. The van der Waals surface area contributed by atoms with E-state index >= 15 is 0 Å². The second-order valence-corrected chi connectivity index (χ2v) is 13.0. The highest BCUT2D eigenvalue weighted by Crippen LogP contribution is 2.31. The Morgan fingerprint density at radius 1 is 1.06 bits per heavy atom. The molecule has 1 heterocycles. The van der Waals surface area contributed by atoms with Gasteiger partial charge in [-0.3, -0.25) is 28.9 Å². The average molecular weight is 526 g/mol. The van der Waals surface area contributed by atoms with Gasteiger partial charge in [-0.05, 0) is 45.8 Å². The van der Waals surface area contributed by atoms with Crippen LogP contribution in [-0.4, -0.2) is 75.4 Å². The van der Waals surface area contributed by atoms with E-state index in [1.54, 1.807) is 7.05 Å². The first-order valence-electron chi connectivity index (χ1n) is 13.2. The van der Waals surface area contributed by atoms with Crippen molar-refractivity contribution in [3.63, 3.8) is 0 Å². The van der Waals surface area contributed by atoms with E-state index in [1.807, 2.05) is 48.5 Å². The largest absolute Gasteiger partial charge is 0.354 e. The quantitative estimate of drug-likeness (QED) is 0.272. The molecular formula is C27H47N3O5S. The van der Waals surface area contributed by atoms with E-state index in [4.69, 9.17) is 0 Å². The van der Waals surface area contributed by atoms with Crippen molar-refractivity contribution in [2.24, 2.45) is 5.41 Å². The summed E-state index contributed by atoms with van der Waals surface area (Å²) < 4.78 is 0. The lowest BCUT2D eigenvalue weighted by Gasteiger charge is -2.30. The lowest BCUT2D eigenvalue weighted by atomic mass is 9.86. The van der Waals surface area contributed by atoms with E-state index in [0.29, 0.717) is 19.4 Å². The van der Waals surface area contributed by atoms with Crippen LogP contribution in [0.5, 0.6) is 0 Å². The molecule has 206 valence electrons. The number of hydrogen-bond donors (Lipinski definition) is 1. The fourth-order valence-electron chi connectivity index (χ4n) is 3.96. The zero-order valence-electron chi connectivity index (χ0n) is 23.6. The van der Waals surface area contributed by atoms with Crippen LogP contribution in [0.3, 0.4) is 0 Å². The Balaban J connectivity index is 2.52. The van der Waals surface area contributed by atoms with E-state index in [1.165, 1.54) is 21.6 Å². The van der Waals surface area contributed by atoms with Gasteiger partial charge in [-0.2, -0.15) is 0 Å². The zero-order chi connectivity index (χ0) is 27.7. The molecule has 1 aliphatic heterocycles. The number of likely N-dealkylation sites (tertiary alicyclic amines) is 1. The van der Waals surface area contributed by atoms with Crippen LogP contribution < -0.4 is 5.32 Å². The first kappa shape index (κ1) is 32.1. The summed E-state index contributed by atoms with van der Waals surface area (Å²) in [5.41, 5.74) is -1.09. The van der Waals surface area contributed by atoms with Crippen molar-refractivity contribution in [1.82, 2.24) is 15.1 Å². The van der Waals surface area contributed by atoms with Crippen molar-refractivity contribution >= 4 is 41.2 Å². The van der Waals surface area contributed by atoms with Gasteiger partial charge in [0.2, 0.25) is 23.6 Å². The second kappa shape index (κ2) is 14.1. The molecule has 1 aliphatic rings. The third-order valence-corrected chi connectivity index (χ3v) is 7.63. The van der Waals surface area contributed by atoms with Crippen molar-refractivity contribution in [1.29, 1.82) is 0 Å². The molecule has 8 nitrogen and oxygen atoms in total. The number of rotatable bonds is 14. The van der Waals surface area contributed by atoms with E-state index in [0.717, 1.165) is 31.4 Å². The van der Waals surface area contributed by atoms with Crippen LogP contribution in [0, 0.1) is 5.41 Å². The van der Waals surface area contributed by atoms with Crippen LogP contribution in [0.4, 0.5) is 0 Å². The third-order valence-electron chi connectivity index (χ3n) is 6.34. The number of Topliss-reactive ketones (excluding diaryl/α,β-unsaturated/α-hetero) is 1. The summed E-state index contributed by atoms with van der Waals surface area (Å²) in [7, 11) is 1.60. The van der Waals surface area contributed by atoms with Gasteiger partial charge in [0.25, 0.3) is 0 Å². The number of thioether (sulfide) groups is 1. The standard InChI is InChI=1S/C27H47N3O5S/c1-9-10-15-28-24(34)19(17-21(31)26(2,3)4)29(8)22(32)14-12-11-13-16-36-20-18-23(33)30(25(20)35)27(5,6)7/h19-20H,9-18H2,1-8H3,(H,28,34)/t19-,20?/m0/s1. The minimum atomic E-state index is -0.812. The van der Waals surface area contributed by atoms with Gasteiger partial charge in [-0.1, -0.05) is 40.5 Å². The average Bonchev–Trinajstić information content (AvgIpc) is 3.05. The van der Waals surface area contributed by atoms with Crippen LogP contribution in [-0.2, 0) is 24.0 Å². The Kier molecular flexibility index (Phi) is 12.6. The topological polar surface area (TPSA) is 104 Å². The molecule has 1 unspecified atom stereocenters. The van der Waals surface area contributed by atoms with Gasteiger partial charge in [0.15, 0.2) is 0 Å². The molecule has 1 rings (SSSR count). The summed E-state index contributed by atoms with van der Waals surface area (Å²) in [5, 5.41) is 2.54. The first-order valence-corrected chi connectivity index (χ1v) is 14.2. The molecule has 0 aromatic carbocycles. The molecule has 4 amide bonds. The molecule has 0 bridgehead atoms. The van der Waals surface area contributed by atoms with Crippen LogP contribution >= 0.6 is 11.8 Å². The molecule has 0 saturated carbocycles. The molecule has 36 heavy (non-hydrogen) atoms. The third kappa shape index (κ3) is 9.87. The van der Waals surface area contributed by atoms with Crippen molar-refractivity contribution in [2.45, 2.75) is 117 Å².